The van der Waals surface area contributed by atoms with Crippen LogP contribution in [0, 0.1) is 5.82 Å². The summed E-state index contributed by atoms with van der Waals surface area (Å²) in [6.45, 7) is 3.31. The van der Waals surface area contributed by atoms with E-state index in [0.717, 1.165) is 18.4 Å². The predicted octanol–water partition coefficient (Wildman–Crippen LogP) is 4.03. The molecule has 6 nitrogen and oxygen atoms in total. The lowest BCUT2D eigenvalue weighted by Gasteiger charge is -2.22. The highest BCUT2D eigenvalue weighted by molar-refractivity contribution is 5.76. The molecule has 0 saturated heterocycles. The summed E-state index contributed by atoms with van der Waals surface area (Å²) < 4.78 is 19.0. The van der Waals surface area contributed by atoms with Crippen LogP contribution in [0.1, 0.15) is 37.6 Å². The molecule has 0 radical (unpaired) electrons. The fourth-order valence-electron chi connectivity index (χ4n) is 2.83. The Morgan fingerprint density at radius 2 is 2.07 bits per heavy atom. The molecule has 2 aromatic heterocycles. The largest absolute Gasteiger partial charge is 0.339 e. The molecule has 3 rings (SSSR count). The van der Waals surface area contributed by atoms with E-state index < -0.39 is 5.82 Å². The smallest absolute Gasteiger partial charge is 0.227 e. The maximum atomic E-state index is 13.8. The van der Waals surface area contributed by atoms with Gasteiger partial charge < -0.3 is 9.42 Å². The van der Waals surface area contributed by atoms with Crippen LogP contribution in [0.3, 0.4) is 0 Å². The molecule has 3 aromatic rings. The zero-order valence-electron chi connectivity index (χ0n) is 15.8. The molecule has 0 aliphatic rings. The van der Waals surface area contributed by atoms with Crippen LogP contribution in [0.4, 0.5) is 4.39 Å². The monoisotopic (exact) mass is 382 g/mol. The lowest BCUT2D eigenvalue weighted by molar-refractivity contribution is -0.132. The normalized spacial score (nSPS) is 10.8. The first-order chi connectivity index (χ1) is 13.7. The molecule has 0 aliphatic carbocycles. The Morgan fingerprint density at radius 3 is 2.82 bits per heavy atom. The standard InChI is InChI=1S/C21H23FN4O2/c1-2-3-13-26(15-16-7-6-12-23-14-16)20(27)11-10-19-24-21(25-28-19)17-8-4-5-9-18(17)22/h4-9,12,14H,2-3,10-11,13,15H2,1H3. The molecule has 0 N–H and O–H groups in total. The molecule has 7 heteroatoms. The number of aryl methyl sites for hydroxylation is 1. The van der Waals surface area contributed by atoms with Crippen LogP contribution < -0.4 is 0 Å². The molecule has 0 unspecified atom stereocenters. The number of carbonyl (C=O) groups is 1. The van der Waals surface area contributed by atoms with E-state index in [1.165, 1.54) is 6.07 Å². The molecule has 1 amide bonds. The van der Waals surface area contributed by atoms with Crippen molar-refractivity contribution in [2.45, 2.75) is 39.2 Å². The Hall–Kier alpha value is -3.09. The summed E-state index contributed by atoms with van der Waals surface area (Å²) >= 11 is 0. The first kappa shape index (κ1) is 19.7. The van der Waals surface area contributed by atoms with Crippen molar-refractivity contribution < 1.29 is 13.7 Å². The van der Waals surface area contributed by atoms with Gasteiger partial charge in [-0.1, -0.05) is 36.7 Å². The summed E-state index contributed by atoms with van der Waals surface area (Å²) in [7, 11) is 0. The molecule has 2 heterocycles. The first-order valence-electron chi connectivity index (χ1n) is 9.41. The van der Waals surface area contributed by atoms with Gasteiger partial charge in [0.15, 0.2) is 0 Å². The highest BCUT2D eigenvalue weighted by Gasteiger charge is 2.17. The van der Waals surface area contributed by atoms with Gasteiger partial charge in [-0.3, -0.25) is 9.78 Å². The van der Waals surface area contributed by atoms with Crippen molar-refractivity contribution in [2.75, 3.05) is 6.54 Å². The quantitative estimate of drug-likeness (QED) is 0.559. The number of unbranched alkanes of at least 4 members (excludes halogenated alkanes) is 1. The van der Waals surface area contributed by atoms with Gasteiger partial charge in [0, 0.05) is 38.3 Å². The highest BCUT2D eigenvalue weighted by Crippen LogP contribution is 2.19. The molecule has 0 saturated carbocycles. The zero-order valence-corrected chi connectivity index (χ0v) is 15.8. The number of hydrogen-bond donors (Lipinski definition) is 0. The number of benzene rings is 1. The van der Waals surface area contributed by atoms with E-state index in [0.29, 0.717) is 25.4 Å². The fraction of sp³-hybridized carbons (Fsp3) is 0.333. The summed E-state index contributed by atoms with van der Waals surface area (Å²) in [5, 5.41) is 3.83. The Bertz CT molecular complexity index is 898. The minimum Gasteiger partial charge on any atom is -0.339 e. The van der Waals surface area contributed by atoms with Crippen LogP contribution in [-0.2, 0) is 17.8 Å². The number of amides is 1. The maximum Gasteiger partial charge on any atom is 0.227 e. The second kappa shape index (κ2) is 9.73. The van der Waals surface area contributed by atoms with Crippen molar-refractivity contribution in [3.8, 4) is 11.4 Å². The van der Waals surface area contributed by atoms with Crippen LogP contribution in [0.15, 0.2) is 53.3 Å². The van der Waals surface area contributed by atoms with E-state index >= 15 is 0 Å². The van der Waals surface area contributed by atoms with Crippen LogP contribution in [0.2, 0.25) is 0 Å². The minimum atomic E-state index is -0.409. The number of halogens is 1. The first-order valence-corrected chi connectivity index (χ1v) is 9.41. The SMILES string of the molecule is CCCCN(Cc1cccnc1)C(=O)CCc1nc(-c2ccccc2F)no1. The van der Waals surface area contributed by atoms with Crippen LogP contribution in [0.25, 0.3) is 11.4 Å². The van der Waals surface area contributed by atoms with Gasteiger partial charge in [-0.25, -0.2) is 4.39 Å². The number of rotatable bonds is 9. The van der Waals surface area contributed by atoms with Crippen molar-refractivity contribution >= 4 is 5.91 Å². The molecular weight excluding hydrogens is 359 g/mol. The Kier molecular flexibility index (Phi) is 6.84. The second-order valence-corrected chi connectivity index (χ2v) is 6.52. The summed E-state index contributed by atoms with van der Waals surface area (Å²) in [6, 6.07) is 10.1. The maximum absolute atomic E-state index is 13.8. The van der Waals surface area contributed by atoms with Crippen molar-refractivity contribution in [1.29, 1.82) is 0 Å². The molecule has 28 heavy (non-hydrogen) atoms. The van der Waals surface area contributed by atoms with Crippen molar-refractivity contribution in [1.82, 2.24) is 20.0 Å². The fourth-order valence-corrected chi connectivity index (χ4v) is 2.83. The van der Waals surface area contributed by atoms with Gasteiger partial charge in [-0.15, -0.1) is 0 Å². The van der Waals surface area contributed by atoms with Crippen molar-refractivity contribution in [3.63, 3.8) is 0 Å². The van der Waals surface area contributed by atoms with E-state index in [2.05, 4.69) is 22.0 Å². The van der Waals surface area contributed by atoms with Gasteiger partial charge in [-0.2, -0.15) is 4.98 Å². The summed E-state index contributed by atoms with van der Waals surface area (Å²) in [5.41, 5.74) is 1.27. The topological polar surface area (TPSA) is 72.1 Å². The third kappa shape index (κ3) is 5.22. The van der Waals surface area contributed by atoms with Crippen LogP contribution in [0.5, 0.6) is 0 Å². The van der Waals surface area contributed by atoms with Crippen molar-refractivity contribution in [2.24, 2.45) is 0 Å². The van der Waals surface area contributed by atoms with E-state index in [-0.39, 0.29) is 23.7 Å². The number of nitrogens with zero attached hydrogens (tertiary/aromatic N) is 4. The molecule has 0 bridgehead atoms. The molecule has 1 aromatic carbocycles. The number of carbonyl (C=O) groups excluding carboxylic acids is 1. The Morgan fingerprint density at radius 1 is 1.21 bits per heavy atom. The third-order valence-electron chi connectivity index (χ3n) is 4.37. The van der Waals surface area contributed by atoms with Gasteiger partial charge in [0.25, 0.3) is 0 Å². The van der Waals surface area contributed by atoms with Crippen LogP contribution >= 0.6 is 0 Å². The van der Waals surface area contributed by atoms with E-state index in [1.54, 1.807) is 30.6 Å². The second-order valence-electron chi connectivity index (χ2n) is 6.52. The number of hydrogen-bond acceptors (Lipinski definition) is 5. The predicted molar refractivity (Wildman–Crippen MR) is 103 cm³/mol. The molecule has 0 atom stereocenters. The minimum absolute atomic E-state index is 0.0166. The van der Waals surface area contributed by atoms with Gasteiger partial charge in [-0.05, 0) is 30.2 Å². The summed E-state index contributed by atoms with van der Waals surface area (Å²) in [6.07, 6.45) is 5.99. The lowest BCUT2D eigenvalue weighted by atomic mass is 10.2. The lowest BCUT2D eigenvalue weighted by Crippen LogP contribution is -2.31. The molecular formula is C21H23FN4O2. The highest BCUT2D eigenvalue weighted by atomic mass is 19.1. The Balaban J connectivity index is 1.61. The molecule has 0 aliphatic heterocycles. The number of pyridine rings is 1. The average Bonchev–Trinajstić information content (AvgIpc) is 3.19. The summed E-state index contributed by atoms with van der Waals surface area (Å²) in [4.78, 5) is 22.9. The molecule has 0 fully saturated rings. The number of aromatic nitrogens is 3. The molecule has 146 valence electrons. The summed E-state index contributed by atoms with van der Waals surface area (Å²) in [5.74, 6) is 0.123. The third-order valence-corrected chi connectivity index (χ3v) is 4.37. The van der Waals surface area contributed by atoms with Gasteiger partial charge in [0.05, 0.1) is 5.56 Å². The molecule has 0 spiro atoms. The van der Waals surface area contributed by atoms with E-state index in [4.69, 9.17) is 4.52 Å². The van der Waals surface area contributed by atoms with Gasteiger partial charge in [0.2, 0.25) is 17.6 Å². The average molecular weight is 382 g/mol. The van der Waals surface area contributed by atoms with Gasteiger partial charge >= 0.3 is 0 Å². The van der Waals surface area contributed by atoms with Gasteiger partial charge in [0.1, 0.15) is 5.82 Å². The van der Waals surface area contributed by atoms with E-state index in [9.17, 15) is 9.18 Å². The zero-order chi connectivity index (χ0) is 19.8. The van der Waals surface area contributed by atoms with Crippen LogP contribution in [-0.4, -0.2) is 32.5 Å². The Labute approximate surface area is 163 Å². The van der Waals surface area contributed by atoms with E-state index in [1.807, 2.05) is 17.0 Å². The van der Waals surface area contributed by atoms with Crippen molar-refractivity contribution in [3.05, 3.63) is 66.1 Å².